The number of aliphatic carboxylic acids is 1. The van der Waals surface area contributed by atoms with E-state index in [1.54, 1.807) is 12.1 Å². The van der Waals surface area contributed by atoms with E-state index in [9.17, 15) is 24.6 Å². The minimum atomic E-state index is -1.21. The van der Waals surface area contributed by atoms with Crippen molar-refractivity contribution >= 4 is 30.4 Å². The molecule has 0 bridgehead atoms. The number of rotatable bonds is 12. The predicted octanol–water partition coefficient (Wildman–Crippen LogP) is 3.16. The molecule has 0 aliphatic rings. The van der Waals surface area contributed by atoms with Gasteiger partial charge in [0.2, 0.25) is 11.8 Å². The average Bonchev–Trinajstić information content (AvgIpc) is 2.88. The van der Waals surface area contributed by atoms with E-state index >= 15 is 0 Å². The Morgan fingerprint density at radius 2 is 1.19 bits per heavy atom. The largest absolute Gasteiger partial charge is 0.508 e. The second-order valence-corrected chi connectivity index (χ2v) is 9.18. The first-order chi connectivity index (χ1) is 17.3. The molecule has 0 fully saturated rings. The number of carboxylic acid groups (broad SMARTS) is 1. The topological polar surface area (TPSA) is 116 Å². The lowest BCUT2D eigenvalue weighted by Crippen LogP contribution is -2.54. The van der Waals surface area contributed by atoms with Crippen LogP contribution in [-0.2, 0) is 33.6 Å². The monoisotopic (exact) mass is 506 g/mol. The maximum Gasteiger partial charge on any atom is 0.326 e. The summed E-state index contributed by atoms with van der Waals surface area (Å²) in [5.41, 5.74) is 2.55. The summed E-state index contributed by atoms with van der Waals surface area (Å²) in [5, 5.41) is 23.8. The number of hydrogen-bond donors (Lipinski definition) is 5. The number of hydrogen-bond acceptors (Lipinski definition) is 5. The second-order valence-electron chi connectivity index (χ2n) is 8.56. The molecule has 4 N–H and O–H groups in total. The van der Waals surface area contributed by atoms with Crippen LogP contribution < -0.4 is 10.6 Å². The van der Waals surface area contributed by atoms with Gasteiger partial charge >= 0.3 is 5.97 Å². The molecule has 0 saturated heterocycles. The van der Waals surface area contributed by atoms with Gasteiger partial charge < -0.3 is 20.8 Å². The van der Waals surface area contributed by atoms with E-state index in [4.69, 9.17) is 0 Å². The highest BCUT2D eigenvalue weighted by molar-refractivity contribution is 7.81. The van der Waals surface area contributed by atoms with E-state index < -0.39 is 35.1 Å². The van der Waals surface area contributed by atoms with Crippen molar-refractivity contribution in [3.63, 3.8) is 0 Å². The fraction of sp³-hybridized carbons (Fsp3) is 0.250. The summed E-state index contributed by atoms with van der Waals surface area (Å²) >= 11 is 4.44. The predicted molar refractivity (Wildman–Crippen MR) is 141 cm³/mol. The molecule has 8 heteroatoms. The Hall–Kier alpha value is -3.78. The summed E-state index contributed by atoms with van der Waals surface area (Å²) in [6.07, 6.45) is 1.37. The van der Waals surface area contributed by atoms with Crippen LogP contribution in [0.5, 0.6) is 5.75 Å². The number of benzene rings is 3. The van der Waals surface area contributed by atoms with Crippen molar-refractivity contribution in [3.05, 3.63) is 102 Å². The Balaban J connectivity index is 1.68. The zero-order chi connectivity index (χ0) is 25.9. The van der Waals surface area contributed by atoms with Crippen molar-refractivity contribution < 1.29 is 24.6 Å². The molecule has 7 nitrogen and oxygen atoms in total. The van der Waals surface area contributed by atoms with Crippen LogP contribution in [0.15, 0.2) is 84.9 Å². The van der Waals surface area contributed by atoms with Gasteiger partial charge in [-0.3, -0.25) is 9.59 Å². The van der Waals surface area contributed by atoms with E-state index in [2.05, 4.69) is 23.3 Å². The zero-order valence-corrected chi connectivity index (χ0v) is 20.6. The Bertz CT molecular complexity index is 1140. The zero-order valence-electron chi connectivity index (χ0n) is 19.7. The summed E-state index contributed by atoms with van der Waals surface area (Å²) in [7, 11) is 0. The minimum absolute atomic E-state index is 0.0274. The number of phenolic OH excluding ortho intramolecular Hbond substituents is 1. The third-order valence-corrected chi connectivity index (χ3v) is 6.25. The molecule has 0 spiro atoms. The highest BCUT2D eigenvalue weighted by Crippen LogP contribution is 2.13. The quantitative estimate of drug-likeness (QED) is 0.242. The van der Waals surface area contributed by atoms with Crippen molar-refractivity contribution in [2.24, 2.45) is 0 Å². The van der Waals surface area contributed by atoms with Crippen molar-refractivity contribution in [3.8, 4) is 5.75 Å². The van der Waals surface area contributed by atoms with Crippen LogP contribution in [0.4, 0.5) is 0 Å². The Kier molecular flexibility index (Phi) is 9.94. The molecule has 2 amide bonds. The summed E-state index contributed by atoms with van der Waals surface area (Å²) in [5.74, 6) is -2.12. The Morgan fingerprint density at radius 1 is 0.694 bits per heavy atom. The molecule has 3 atom stereocenters. The van der Waals surface area contributed by atoms with Crippen LogP contribution >= 0.6 is 12.6 Å². The Labute approximate surface area is 216 Å². The van der Waals surface area contributed by atoms with Gasteiger partial charge in [0, 0.05) is 12.8 Å². The lowest BCUT2D eigenvalue weighted by atomic mass is 10.0. The van der Waals surface area contributed by atoms with Crippen LogP contribution in [0.3, 0.4) is 0 Å². The van der Waals surface area contributed by atoms with Crippen molar-refractivity contribution in [2.75, 3.05) is 0 Å². The Morgan fingerprint density at radius 3 is 1.78 bits per heavy atom. The number of carbonyl (C=O) groups is 3. The van der Waals surface area contributed by atoms with Crippen LogP contribution in [0.25, 0.3) is 0 Å². The number of thiol groups is 1. The molecular formula is C28H30N2O5S. The van der Waals surface area contributed by atoms with Gasteiger partial charge in [0.1, 0.15) is 17.8 Å². The fourth-order valence-corrected chi connectivity index (χ4v) is 3.95. The van der Waals surface area contributed by atoms with Gasteiger partial charge in [0.15, 0.2) is 0 Å². The molecule has 0 aromatic heterocycles. The minimum Gasteiger partial charge on any atom is -0.508 e. The first-order valence-electron chi connectivity index (χ1n) is 11.7. The van der Waals surface area contributed by atoms with Crippen LogP contribution in [-0.4, -0.2) is 45.3 Å². The summed E-state index contributed by atoms with van der Waals surface area (Å²) in [4.78, 5) is 38.0. The van der Waals surface area contributed by atoms with E-state index in [-0.39, 0.29) is 18.6 Å². The smallest absolute Gasteiger partial charge is 0.326 e. The number of nitrogens with one attached hydrogen (secondary N) is 2. The fourth-order valence-electron chi connectivity index (χ4n) is 3.75. The lowest BCUT2D eigenvalue weighted by Gasteiger charge is -2.23. The summed E-state index contributed by atoms with van der Waals surface area (Å²) in [6.45, 7) is 0. The van der Waals surface area contributed by atoms with Gasteiger partial charge in [-0.05, 0) is 41.7 Å². The highest BCUT2D eigenvalue weighted by Gasteiger charge is 2.28. The highest BCUT2D eigenvalue weighted by atomic mass is 32.1. The number of amides is 2. The molecule has 3 aromatic carbocycles. The first-order valence-corrected chi connectivity index (χ1v) is 12.2. The normalized spacial score (nSPS) is 13.2. The molecule has 0 unspecified atom stereocenters. The third kappa shape index (κ3) is 8.46. The van der Waals surface area contributed by atoms with E-state index in [1.165, 1.54) is 12.1 Å². The standard InChI is InChI=1S/C28H30N2O5S/c31-22-14-11-21(12-15-22)18-24(28(34)35)30-26(32)23(17-20-9-5-2-6-10-20)29-27(33)25(36)16-13-19-7-3-1-4-8-19/h1-12,14-15,23-25,31,36H,13,16-18H2,(H,29,33)(H,30,32)(H,34,35)/t23-,24-,25+/m0/s1. The number of aryl methyl sites for hydroxylation is 1. The first kappa shape index (κ1) is 26.8. The molecule has 3 rings (SSSR count). The molecular weight excluding hydrogens is 476 g/mol. The number of phenols is 1. The van der Waals surface area contributed by atoms with Gasteiger partial charge in [0.25, 0.3) is 0 Å². The third-order valence-electron chi connectivity index (χ3n) is 5.76. The van der Waals surface area contributed by atoms with Crippen LogP contribution in [0, 0.1) is 0 Å². The average molecular weight is 507 g/mol. The maximum atomic E-state index is 13.2. The van der Waals surface area contributed by atoms with Gasteiger partial charge in [0.05, 0.1) is 5.25 Å². The molecule has 3 aromatic rings. The molecule has 0 heterocycles. The number of carbonyl (C=O) groups excluding carboxylic acids is 2. The van der Waals surface area contributed by atoms with Gasteiger partial charge in [-0.2, -0.15) is 12.6 Å². The molecule has 0 saturated carbocycles. The number of carboxylic acids is 1. The maximum absolute atomic E-state index is 13.2. The summed E-state index contributed by atoms with van der Waals surface area (Å²) in [6, 6.07) is 22.8. The SMILES string of the molecule is O=C(N[C@@H](Cc1ccccc1)C(=O)N[C@@H](Cc1ccc(O)cc1)C(=O)O)[C@H](S)CCc1ccccc1. The van der Waals surface area contributed by atoms with Crippen molar-refractivity contribution in [2.45, 2.75) is 43.0 Å². The molecule has 188 valence electrons. The van der Waals surface area contributed by atoms with Crippen LogP contribution in [0.1, 0.15) is 23.1 Å². The van der Waals surface area contributed by atoms with E-state index in [0.717, 1.165) is 11.1 Å². The van der Waals surface area contributed by atoms with Crippen LogP contribution in [0.2, 0.25) is 0 Å². The van der Waals surface area contributed by atoms with Gasteiger partial charge in [-0.25, -0.2) is 4.79 Å². The number of aromatic hydroxyl groups is 1. The summed E-state index contributed by atoms with van der Waals surface area (Å²) < 4.78 is 0. The second kappa shape index (κ2) is 13.3. The van der Waals surface area contributed by atoms with Gasteiger partial charge in [-0.1, -0.05) is 72.8 Å². The molecule has 0 radical (unpaired) electrons. The molecule has 0 aliphatic heterocycles. The molecule has 36 heavy (non-hydrogen) atoms. The molecule has 0 aliphatic carbocycles. The van der Waals surface area contributed by atoms with E-state index in [0.29, 0.717) is 18.4 Å². The lowest BCUT2D eigenvalue weighted by molar-refractivity contribution is -0.142. The van der Waals surface area contributed by atoms with Crippen molar-refractivity contribution in [1.82, 2.24) is 10.6 Å². The van der Waals surface area contributed by atoms with Crippen molar-refractivity contribution in [1.29, 1.82) is 0 Å². The van der Waals surface area contributed by atoms with Gasteiger partial charge in [-0.15, -0.1) is 0 Å². The van der Waals surface area contributed by atoms with E-state index in [1.807, 2.05) is 60.7 Å².